The van der Waals surface area contributed by atoms with E-state index in [1.807, 2.05) is 12.1 Å². The highest BCUT2D eigenvalue weighted by atomic mass is 19.4. The maximum absolute atomic E-state index is 12.8. The van der Waals surface area contributed by atoms with Gasteiger partial charge in [0.2, 0.25) is 0 Å². The normalized spacial score (nSPS) is 13.2. The zero-order valence-electron chi connectivity index (χ0n) is 23.5. The number of rotatable bonds is 4. The standard InChI is InChI=1S/C34H10F6N6O2/c35-33(36,37)47-21-5-1-17(2-6-21)29-27(15-45)23-9-26-24(10-25(23)31(29)19(11-41)12-42)28(16-46)30(32(26)20(13-43)14-44)18-3-7-22(8-4-18)48-34(38,39)40/h1-10H. The molecule has 0 saturated heterocycles. The Balaban J connectivity index is 1.78. The van der Waals surface area contributed by atoms with Crippen molar-refractivity contribution in [3.8, 4) is 47.9 Å². The summed E-state index contributed by atoms with van der Waals surface area (Å²) in [4.78, 5) is 0. The molecule has 0 heterocycles. The summed E-state index contributed by atoms with van der Waals surface area (Å²) in [6.07, 6.45) is -9.97. The lowest BCUT2D eigenvalue weighted by Gasteiger charge is -2.12. The van der Waals surface area contributed by atoms with E-state index in [0.717, 1.165) is 24.3 Å². The van der Waals surface area contributed by atoms with Crippen LogP contribution in [0, 0.1) is 68.0 Å². The third-order valence-corrected chi connectivity index (χ3v) is 7.16. The highest BCUT2D eigenvalue weighted by Crippen LogP contribution is 2.54. The lowest BCUT2D eigenvalue weighted by molar-refractivity contribution is -0.275. The van der Waals surface area contributed by atoms with Crippen LogP contribution < -0.4 is 9.47 Å². The summed E-state index contributed by atoms with van der Waals surface area (Å²) in [5, 5.41) is 60.0. The van der Waals surface area contributed by atoms with Gasteiger partial charge in [0.15, 0.2) is 0 Å². The molecular formula is C34H10F6N6O2. The smallest absolute Gasteiger partial charge is 0.406 e. The van der Waals surface area contributed by atoms with Crippen LogP contribution in [-0.4, -0.2) is 12.7 Å². The Hall–Kier alpha value is -7.26. The van der Waals surface area contributed by atoms with E-state index >= 15 is 0 Å². The summed E-state index contributed by atoms with van der Waals surface area (Å²) in [7, 11) is 0. The van der Waals surface area contributed by atoms with Crippen molar-refractivity contribution in [3.63, 3.8) is 0 Å². The predicted octanol–water partition coefficient (Wildman–Crippen LogP) is 7.98. The molecule has 0 aliphatic heterocycles. The van der Waals surface area contributed by atoms with Crippen molar-refractivity contribution in [2.75, 3.05) is 0 Å². The van der Waals surface area contributed by atoms with Crippen LogP contribution in [0.25, 0.3) is 33.4 Å². The zero-order valence-corrected chi connectivity index (χ0v) is 23.5. The van der Waals surface area contributed by atoms with Gasteiger partial charge in [0, 0.05) is 33.4 Å². The van der Waals surface area contributed by atoms with Gasteiger partial charge < -0.3 is 9.47 Å². The molecule has 48 heavy (non-hydrogen) atoms. The van der Waals surface area contributed by atoms with E-state index in [9.17, 15) is 57.9 Å². The molecule has 0 bridgehead atoms. The summed E-state index contributed by atoms with van der Waals surface area (Å²) < 4.78 is 84.4. The van der Waals surface area contributed by atoms with Crippen LogP contribution in [0.2, 0.25) is 0 Å². The quantitative estimate of drug-likeness (QED) is 0.203. The van der Waals surface area contributed by atoms with E-state index < -0.39 is 35.4 Å². The first kappa shape index (κ1) is 32.1. The molecule has 3 aromatic carbocycles. The van der Waals surface area contributed by atoms with Crippen molar-refractivity contribution >= 4 is 33.4 Å². The number of fused-ring (bicyclic) bond motifs is 2. The van der Waals surface area contributed by atoms with Crippen LogP contribution in [0.1, 0.15) is 33.4 Å². The fourth-order valence-electron chi connectivity index (χ4n) is 5.46. The molecule has 5 rings (SSSR count). The molecule has 0 atom stereocenters. The first-order valence-corrected chi connectivity index (χ1v) is 13.1. The van der Waals surface area contributed by atoms with E-state index in [1.54, 1.807) is 24.3 Å². The van der Waals surface area contributed by atoms with Crippen LogP contribution in [-0.2, 0) is 0 Å². The van der Waals surface area contributed by atoms with Crippen molar-refractivity contribution < 1.29 is 35.8 Å². The number of halogens is 6. The van der Waals surface area contributed by atoms with Crippen LogP contribution >= 0.6 is 0 Å². The molecule has 2 aliphatic carbocycles. The molecular weight excluding hydrogens is 638 g/mol. The molecule has 14 heteroatoms. The number of ether oxygens (including phenoxy) is 2. The van der Waals surface area contributed by atoms with Gasteiger partial charge in [0.1, 0.15) is 59.1 Å². The summed E-state index contributed by atoms with van der Waals surface area (Å²) in [6.45, 7) is 0. The first-order valence-electron chi connectivity index (χ1n) is 13.1. The van der Waals surface area contributed by atoms with Crippen LogP contribution in [0.3, 0.4) is 0 Å². The second kappa shape index (κ2) is 11.9. The Bertz CT molecular complexity index is 2110. The average Bonchev–Trinajstić information content (AvgIpc) is 3.52. The van der Waals surface area contributed by atoms with Gasteiger partial charge in [-0.05, 0) is 58.7 Å². The Morgan fingerprint density at radius 2 is 0.792 bits per heavy atom. The van der Waals surface area contributed by atoms with Crippen LogP contribution in [0.4, 0.5) is 26.3 Å². The molecule has 0 unspecified atom stereocenters. The third-order valence-electron chi connectivity index (χ3n) is 7.16. The number of nitriles is 6. The Labute approximate surface area is 266 Å². The second-order valence-electron chi connectivity index (χ2n) is 9.76. The van der Waals surface area contributed by atoms with Crippen molar-refractivity contribution in [2.24, 2.45) is 0 Å². The lowest BCUT2D eigenvalue weighted by Crippen LogP contribution is -2.17. The van der Waals surface area contributed by atoms with Gasteiger partial charge in [-0.3, -0.25) is 0 Å². The largest absolute Gasteiger partial charge is 0.573 e. The van der Waals surface area contributed by atoms with Crippen molar-refractivity contribution in [3.05, 3.63) is 105 Å². The number of hydrogen-bond donors (Lipinski definition) is 0. The summed E-state index contributed by atoms with van der Waals surface area (Å²) in [5.41, 5.74) is -0.553. The molecule has 8 nitrogen and oxygen atoms in total. The number of nitrogens with zero attached hydrogens (tertiary/aromatic N) is 6. The van der Waals surface area contributed by atoms with Gasteiger partial charge in [-0.15, -0.1) is 26.3 Å². The topological polar surface area (TPSA) is 161 Å². The highest BCUT2D eigenvalue weighted by Gasteiger charge is 2.38. The Kier molecular flexibility index (Phi) is 7.98. The lowest BCUT2D eigenvalue weighted by atomic mass is 9.90. The molecule has 230 valence electrons. The number of benzene rings is 3. The molecule has 0 spiro atoms. The minimum atomic E-state index is -4.98. The molecule has 3 aromatic rings. The average molecular weight is 648 g/mol. The molecule has 0 N–H and O–H groups in total. The highest BCUT2D eigenvalue weighted by molar-refractivity contribution is 6.29. The predicted molar refractivity (Wildman–Crippen MR) is 154 cm³/mol. The van der Waals surface area contributed by atoms with Crippen molar-refractivity contribution in [1.82, 2.24) is 0 Å². The molecule has 0 amide bonds. The monoisotopic (exact) mass is 648 g/mol. The van der Waals surface area contributed by atoms with E-state index in [0.29, 0.717) is 0 Å². The minimum absolute atomic E-state index is 0.0158. The SMILES string of the molecule is N#CC(C#N)=C1C(c2ccc(OC(F)(F)F)cc2)=C(C#N)c2cc3c(cc21)C(C#N)=C(c1ccc(OC(F)(F)F)cc1)C3=C(C#N)C#N. The van der Waals surface area contributed by atoms with E-state index in [2.05, 4.69) is 9.47 Å². The summed E-state index contributed by atoms with van der Waals surface area (Å²) in [5.74, 6) is -1.15. The fraction of sp³-hybridized carbons (Fsp3) is 0.0588. The third kappa shape index (κ3) is 5.66. The Morgan fingerprint density at radius 1 is 0.479 bits per heavy atom. The molecule has 0 fully saturated rings. The van der Waals surface area contributed by atoms with Crippen LogP contribution in [0.5, 0.6) is 11.5 Å². The maximum Gasteiger partial charge on any atom is 0.573 e. The molecule has 0 saturated carbocycles. The van der Waals surface area contributed by atoms with Crippen molar-refractivity contribution in [2.45, 2.75) is 12.7 Å². The van der Waals surface area contributed by atoms with Crippen molar-refractivity contribution in [1.29, 1.82) is 31.6 Å². The molecule has 2 aliphatic rings. The first-order chi connectivity index (χ1) is 22.8. The van der Waals surface area contributed by atoms with Gasteiger partial charge in [0.05, 0.1) is 11.1 Å². The fourth-order valence-corrected chi connectivity index (χ4v) is 5.46. The van der Waals surface area contributed by atoms with Gasteiger partial charge >= 0.3 is 12.7 Å². The van der Waals surface area contributed by atoms with E-state index in [1.165, 1.54) is 36.4 Å². The zero-order chi connectivity index (χ0) is 35.0. The van der Waals surface area contributed by atoms with E-state index in [-0.39, 0.29) is 66.8 Å². The number of alkyl halides is 6. The maximum atomic E-state index is 12.8. The van der Waals surface area contributed by atoms with Gasteiger partial charge in [0.25, 0.3) is 0 Å². The minimum Gasteiger partial charge on any atom is -0.406 e. The number of allylic oxidation sites excluding steroid dienone is 8. The summed E-state index contributed by atoms with van der Waals surface area (Å²) in [6, 6.07) is 22.4. The van der Waals surface area contributed by atoms with E-state index in [4.69, 9.17) is 0 Å². The van der Waals surface area contributed by atoms with Gasteiger partial charge in [-0.25, -0.2) is 0 Å². The number of hydrogen-bond acceptors (Lipinski definition) is 8. The molecule has 0 aromatic heterocycles. The summed E-state index contributed by atoms with van der Waals surface area (Å²) >= 11 is 0. The van der Waals surface area contributed by atoms with Gasteiger partial charge in [-0.1, -0.05) is 24.3 Å². The molecule has 0 radical (unpaired) electrons. The Morgan fingerprint density at radius 3 is 1.04 bits per heavy atom. The second-order valence-corrected chi connectivity index (χ2v) is 9.76. The van der Waals surface area contributed by atoms with Crippen LogP contribution in [0.15, 0.2) is 71.8 Å². The van der Waals surface area contributed by atoms with Gasteiger partial charge in [-0.2, -0.15) is 31.6 Å².